The van der Waals surface area contributed by atoms with Crippen LogP contribution in [0.2, 0.25) is 0 Å². The van der Waals surface area contributed by atoms with Gasteiger partial charge < -0.3 is 4.90 Å². The first-order valence-electron chi connectivity index (χ1n) is 12.1. The van der Waals surface area contributed by atoms with Crippen LogP contribution in [-0.4, -0.2) is 71.6 Å². The summed E-state index contributed by atoms with van der Waals surface area (Å²) in [7, 11) is 0. The molecule has 2 aromatic rings. The molecule has 2 aromatic carbocycles. The molecule has 2 amide bonds. The number of imide groups is 1. The monoisotopic (exact) mass is 472 g/mol. The molecule has 0 bridgehead atoms. The van der Waals surface area contributed by atoms with Crippen LogP contribution in [0.1, 0.15) is 18.4 Å². The Labute approximate surface area is 204 Å². The van der Waals surface area contributed by atoms with Gasteiger partial charge in [-0.2, -0.15) is 0 Å². The fourth-order valence-electron chi connectivity index (χ4n) is 5.42. The summed E-state index contributed by atoms with van der Waals surface area (Å²) in [5.74, 6) is 0.818. The summed E-state index contributed by atoms with van der Waals surface area (Å²) in [6.45, 7) is 4.76. The summed E-state index contributed by atoms with van der Waals surface area (Å²) in [4.78, 5) is 39.3. The minimum atomic E-state index is -0.136. The lowest BCUT2D eigenvalue weighted by Crippen LogP contribution is -2.51. The van der Waals surface area contributed by atoms with Gasteiger partial charge in [0.25, 0.3) is 0 Å². The van der Waals surface area contributed by atoms with Crippen molar-refractivity contribution >= 4 is 35.1 Å². The molecular weight excluding hydrogens is 444 g/mol. The Kier molecular flexibility index (Phi) is 5.75. The van der Waals surface area contributed by atoms with Crippen molar-refractivity contribution in [2.45, 2.75) is 22.6 Å². The highest BCUT2D eigenvalue weighted by atomic mass is 32.2. The number of amidine groups is 1. The molecule has 1 aliphatic carbocycles. The Balaban J connectivity index is 1.13. The van der Waals surface area contributed by atoms with Crippen LogP contribution in [0.4, 0.5) is 5.69 Å². The van der Waals surface area contributed by atoms with Crippen molar-refractivity contribution < 1.29 is 9.59 Å². The number of likely N-dealkylation sites (tertiary alicyclic amines) is 1. The molecule has 0 spiro atoms. The average Bonchev–Trinajstić information content (AvgIpc) is 3.02. The molecule has 0 saturated carbocycles. The van der Waals surface area contributed by atoms with Crippen LogP contribution in [0.15, 0.2) is 75.5 Å². The van der Waals surface area contributed by atoms with E-state index >= 15 is 0 Å². The number of allylic oxidation sites excluding steroid dienone is 2. The highest BCUT2D eigenvalue weighted by Crippen LogP contribution is 2.40. The molecule has 0 N–H and O–H groups in total. The molecule has 0 aromatic heterocycles. The fourth-order valence-corrected chi connectivity index (χ4v) is 6.44. The lowest BCUT2D eigenvalue weighted by Gasteiger charge is -2.37. The average molecular weight is 473 g/mol. The Morgan fingerprint density at radius 2 is 1.44 bits per heavy atom. The maximum atomic E-state index is 12.8. The maximum absolute atomic E-state index is 12.8. The second-order valence-corrected chi connectivity index (χ2v) is 10.4. The normalized spacial score (nSPS) is 24.4. The Morgan fingerprint density at radius 1 is 0.794 bits per heavy atom. The lowest BCUT2D eigenvalue weighted by atomic mass is 9.85. The van der Waals surface area contributed by atoms with E-state index in [1.807, 2.05) is 18.2 Å². The minimum absolute atomic E-state index is 0.0265. The number of aliphatic imine (C=N–C) groups is 1. The van der Waals surface area contributed by atoms with Crippen LogP contribution in [0, 0.1) is 11.8 Å². The summed E-state index contributed by atoms with van der Waals surface area (Å²) in [6, 6.07) is 16.8. The highest BCUT2D eigenvalue weighted by molar-refractivity contribution is 7.99. The van der Waals surface area contributed by atoms with Crippen molar-refractivity contribution in [3.63, 3.8) is 0 Å². The number of nitrogens with zero attached hydrogens (tertiary/aromatic N) is 4. The van der Waals surface area contributed by atoms with Crippen LogP contribution < -0.4 is 0 Å². The van der Waals surface area contributed by atoms with Gasteiger partial charge in [-0.3, -0.25) is 19.4 Å². The van der Waals surface area contributed by atoms with Gasteiger partial charge in [-0.15, -0.1) is 0 Å². The molecule has 34 heavy (non-hydrogen) atoms. The molecule has 3 heterocycles. The quantitative estimate of drug-likeness (QED) is 0.503. The number of amides is 2. The predicted octanol–water partition coefficient (Wildman–Crippen LogP) is 3.80. The van der Waals surface area contributed by atoms with Gasteiger partial charge >= 0.3 is 0 Å². The van der Waals surface area contributed by atoms with Crippen molar-refractivity contribution in [2.75, 3.05) is 39.3 Å². The van der Waals surface area contributed by atoms with Gasteiger partial charge in [-0.05, 0) is 31.0 Å². The smallest absolute Gasteiger partial charge is 0.233 e. The third kappa shape index (κ3) is 3.87. The van der Waals surface area contributed by atoms with Crippen LogP contribution in [0.5, 0.6) is 0 Å². The Morgan fingerprint density at radius 3 is 2.18 bits per heavy atom. The first-order chi connectivity index (χ1) is 16.7. The third-order valence-corrected chi connectivity index (χ3v) is 8.49. The Hall–Kier alpha value is -2.90. The number of para-hydroxylation sites is 1. The minimum Gasteiger partial charge on any atom is -0.354 e. The van der Waals surface area contributed by atoms with Crippen molar-refractivity contribution in [1.82, 2.24) is 14.7 Å². The summed E-state index contributed by atoms with van der Waals surface area (Å²) < 4.78 is 0. The zero-order chi connectivity index (χ0) is 23.1. The van der Waals surface area contributed by atoms with Crippen LogP contribution in [0.3, 0.4) is 0 Å². The second-order valence-electron chi connectivity index (χ2n) is 9.31. The Bertz CT molecular complexity index is 1160. The maximum Gasteiger partial charge on any atom is 0.233 e. The van der Waals surface area contributed by atoms with E-state index in [0.717, 1.165) is 44.2 Å². The van der Waals surface area contributed by atoms with Crippen molar-refractivity contribution in [2.24, 2.45) is 16.8 Å². The van der Waals surface area contributed by atoms with Gasteiger partial charge in [0.15, 0.2) is 0 Å². The number of hydrogen-bond donors (Lipinski definition) is 0. The van der Waals surface area contributed by atoms with Crippen molar-refractivity contribution in [3.05, 3.63) is 66.2 Å². The van der Waals surface area contributed by atoms with Crippen molar-refractivity contribution in [3.8, 4) is 0 Å². The SMILES string of the molecule is O=C1C2CC=CCC2C(=O)N1CCN1CCN(C2=Nc3ccccc3Sc3ccccc32)CC1. The molecule has 2 unspecified atom stereocenters. The zero-order valence-corrected chi connectivity index (χ0v) is 19.9. The first-order valence-corrected chi connectivity index (χ1v) is 12.9. The second kappa shape index (κ2) is 9.04. The summed E-state index contributed by atoms with van der Waals surface area (Å²) in [5.41, 5.74) is 2.20. The van der Waals surface area contributed by atoms with E-state index in [2.05, 4.69) is 52.3 Å². The number of carbonyl (C=O) groups is 2. The van der Waals surface area contributed by atoms with Gasteiger partial charge in [0.1, 0.15) is 5.84 Å². The molecule has 0 radical (unpaired) electrons. The van der Waals surface area contributed by atoms with Gasteiger partial charge in [0.2, 0.25) is 11.8 Å². The molecule has 2 saturated heterocycles. The molecule has 6 rings (SSSR count). The van der Waals surface area contributed by atoms with E-state index in [9.17, 15) is 9.59 Å². The summed E-state index contributed by atoms with van der Waals surface area (Å²) >= 11 is 1.78. The standard InChI is InChI=1S/C27H28N4O2S/c32-26-19-7-1-2-8-20(19)27(33)31(26)18-15-29-13-16-30(17-14-29)25-21-9-3-5-11-23(21)34-24-12-6-4-10-22(24)28-25/h1-6,9-12,19-20H,7-8,13-18H2. The van der Waals surface area contributed by atoms with E-state index in [-0.39, 0.29) is 23.7 Å². The third-order valence-electron chi connectivity index (χ3n) is 7.35. The number of piperazine rings is 1. The molecule has 174 valence electrons. The molecule has 4 aliphatic rings. The number of hydrogen-bond acceptors (Lipinski definition) is 6. The van der Waals surface area contributed by atoms with Gasteiger partial charge in [-0.25, -0.2) is 4.99 Å². The zero-order valence-electron chi connectivity index (χ0n) is 19.1. The number of fused-ring (bicyclic) bond motifs is 3. The highest BCUT2D eigenvalue weighted by Gasteiger charge is 2.46. The van der Waals surface area contributed by atoms with E-state index in [0.29, 0.717) is 19.4 Å². The molecule has 2 fully saturated rings. The summed E-state index contributed by atoms with van der Waals surface area (Å²) in [6.07, 6.45) is 5.49. The topological polar surface area (TPSA) is 56.2 Å². The number of benzene rings is 2. The van der Waals surface area contributed by atoms with Crippen LogP contribution in [0.25, 0.3) is 0 Å². The molecule has 7 heteroatoms. The van der Waals surface area contributed by atoms with E-state index in [4.69, 9.17) is 4.99 Å². The predicted molar refractivity (Wildman–Crippen MR) is 133 cm³/mol. The van der Waals surface area contributed by atoms with Crippen molar-refractivity contribution in [1.29, 1.82) is 0 Å². The molecule has 3 aliphatic heterocycles. The number of carbonyl (C=O) groups excluding carboxylic acids is 2. The fraction of sp³-hybridized carbons (Fsp3) is 0.370. The van der Waals surface area contributed by atoms with Gasteiger partial charge in [-0.1, -0.05) is 54.2 Å². The van der Waals surface area contributed by atoms with Gasteiger partial charge in [0.05, 0.1) is 17.5 Å². The molecule has 2 atom stereocenters. The van der Waals surface area contributed by atoms with E-state index < -0.39 is 0 Å². The first kappa shape index (κ1) is 21.6. The van der Waals surface area contributed by atoms with Crippen LogP contribution in [-0.2, 0) is 9.59 Å². The van der Waals surface area contributed by atoms with Crippen LogP contribution >= 0.6 is 11.8 Å². The lowest BCUT2D eigenvalue weighted by molar-refractivity contribution is -0.140. The number of rotatable bonds is 3. The molecular formula is C27H28N4O2S. The van der Waals surface area contributed by atoms with E-state index in [1.54, 1.807) is 11.8 Å². The van der Waals surface area contributed by atoms with Gasteiger partial charge in [0, 0.05) is 54.6 Å². The van der Waals surface area contributed by atoms with E-state index in [1.165, 1.54) is 20.3 Å². The molecule has 6 nitrogen and oxygen atoms in total. The largest absolute Gasteiger partial charge is 0.354 e. The summed E-state index contributed by atoms with van der Waals surface area (Å²) in [5, 5.41) is 0.